The first-order chi connectivity index (χ1) is 11.7. The quantitative estimate of drug-likeness (QED) is 0.303. The van der Waals surface area contributed by atoms with Gasteiger partial charge in [0.25, 0.3) is 5.91 Å². The summed E-state index contributed by atoms with van der Waals surface area (Å²) >= 11 is 12.4. The normalized spacial score (nSPS) is 16.4. The highest BCUT2D eigenvalue weighted by Gasteiger charge is 2.31. The van der Waals surface area contributed by atoms with Gasteiger partial charge in [-0.2, -0.15) is 8.42 Å². The molecular weight excluding hydrogens is 406 g/mol. The van der Waals surface area contributed by atoms with Crippen LogP contribution in [0.1, 0.15) is 5.56 Å². The SMILES string of the molecule is C=CCN1C(=O)/C(=C\c2cc(Cl)c(OS(C)(=O)=O)c(OC)c2)SC1=S. The maximum atomic E-state index is 12.3. The Bertz CT molecular complexity index is 879. The fraction of sp³-hybridized carbons (Fsp3) is 0.200. The van der Waals surface area contributed by atoms with Crippen LogP contribution in [0.4, 0.5) is 0 Å². The summed E-state index contributed by atoms with van der Waals surface area (Å²) in [6.45, 7) is 3.92. The van der Waals surface area contributed by atoms with Crippen LogP contribution in [-0.2, 0) is 14.9 Å². The number of amides is 1. The molecule has 10 heteroatoms. The van der Waals surface area contributed by atoms with Gasteiger partial charge in [-0.3, -0.25) is 9.69 Å². The van der Waals surface area contributed by atoms with Crippen LogP contribution in [0.2, 0.25) is 5.02 Å². The standard InChI is InChI=1S/C15H14ClNO5S3/c1-4-5-17-14(18)12(24-15(17)23)8-9-6-10(16)13(11(7-9)21-2)22-25(3,19)20/h4,6-8H,1,5H2,2-3H3/b12-8+. The molecule has 0 bridgehead atoms. The number of carbonyl (C=O) groups excluding carboxylic acids is 1. The molecule has 1 saturated heterocycles. The summed E-state index contributed by atoms with van der Waals surface area (Å²) in [7, 11) is -2.41. The average Bonchev–Trinajstić information content (AvgIpc) is 2.76. The lowest BCUT2D eigenvalue weighted by Crippen LogP contribution is -2.27. The Morgan fingerprint density at radius 1 is 1.44 bits per heavy atom. The van der Waals surface area contributed by atoms with Crippen molar-refractivity contribution in [1.29, 1.82) is 0 Å². The number of ether oxygens (including phenoxy) is 1. The number of halogens is 1. The molecule has 6 nitrogen and oxygen atoms in total. The maximum Gasteiger partial charge on any atom is 0.306 e. The lowest BCUT2D eigenvalue weighted by Gasteiger charge is -2.12. The summed E-state index contributed by atoms with van der Waals surface area (Å²) in [5.74, 6) is -0.213. The van der Waals surface area contributed by atoms with Crippen LogP contribution in [-0.4, -0.2) is 43.5 Å². The number of hydrogen-bond donors (Lipinski definition) is 0. The second-order valence-electron chi connectivity index (χ2n) is 4.90. The van der Waals surface area contributed by atoms with Gasteiger partial charge >= 0.3 is 10.1 Å². The Morgan fingerprint density at radius 2 is 2.12 bits per heavy atom. The van der Waals surface area contributed by atoms with E-state index < -0.39 is 10.1 Å². The molecule has 1 aromatic carbocycles. The summed E-state index contributed by atoms with van der Waals surface area (Å²) < 4.78 is 33.1. The van der Waals surface area contributed by atoms with E-state index in [-0.39, 0.29) is 22.4 Å². The van der Waals surface area contributed by atoms with Gasteiger partial charge in [0, 0.05) is 6.54 Å². The van der Waals surface area contributed by atoms with E-state index in [0.29, 0.717) is 21.3 Å². The molecule has 1 fully saturated rings. The van der Waals surface area contributed by atoms with Crippen molar-refractivity contribution in [3.8, 4) is 11.5 Å². The second kappa shape index (κ2) is 7.77. The maximum absolute atomic E-state index is 12.3. The van der Waals surface area contributed by atoms with Crippen LogP contribution >= 0.6 is 35.6 Å². The van der Waals surface area contributed by atoms with E-state index in [1.165, 1.54) is 24.1 Å². The van der Waals surface area contributed by atoms with Crippen molar-refractivity contribution < 1.29 is 22.1 Å². The van der Waals surface area contributed by atoms with E-state index in [4.69, 9.17) is 32.7 Å². The molecule has 1 amide bonds. The minimum Gasteiger partial charge on any atom is -0.493 e. The fourth-order valence-electron chi connectivity index (χ4n) is 1.99. The molecule has 0 saturated carbocycles. The Hall–Kier alpha value is -1.55. The van der Waals surface area contributed by atoms with Crippen LogP contribution in [0, 0.1) is 0 Å². The molecule has 1 heterocycles. The number of thioether (sulfide) groups is 1. The van der Waals surface area contributed by atoms with Crippen molar-refractivity contribution in [3.05, 3.63) is 40.3 Å². The topological polar surface area (TPSA) is 72.9 Å². The highest BCUT2D eigenvalue weighted by atomic mass is 35.5. The monoisotopic (exact) mass is 419 g/mol. The van der Waals surface area contributed by atoms with E-state index in [1.807, 2.05) is 0 Å². The molecule has 0 aliphatic carbocycles. The molecule has 0 unspecified atom stereocenters. The van der Waals surface area contributed by atoms with Crippen molar-refractivity contribution in [2.75, 3.05) is 19.9 Å². The van der Waals surface area contributed by atoms with Crippen LogP contribution < -0.4 is 8.92 Å². The van der Waals surface area contributed by atoms with E-state index in [1.54, 1.807) is 12.2 Å². The van der Waals surface area contributed by atoms with Crippen LogP contribution in [0.3, 0.4) is 0 Å². The smallest absolute Gasteiger partial charge is 0.306 e. The molecule has 25 heavy (non-hydrogen) atoms. The van der Waals surface area contributed by atoms with Crippen molar-refractivity contribution in [2.45, 2.75) is 0 Å². The number of benzene rings is 1. The highest BCUT2D eigenvalue weighted by Crippen LogP contribution is 2.39. The summed E-state index contributed by atoms with van der Waals surface area (Å²) in [5, 5.41) is 0.0394. The zero-order valence-corrected chi connectivity index (χ0v) is 16.5. The Kier molecular flexibility index (Phi) is 6.15. The number of methoxy groups -OCH3 is 1. The third-order valence-electron chi connectivity index (χ3n) is 2.97. The van der Waals surface area contributed by atoms with Crippen molar-refractivity contribution >= 4 is 62.0 Å². The van der Waals surface area contributed by atoms with Gasteiger partial charge < -0.3 is 8.92 Å². The Labute approximate surface area is 160 Å². The summed E-state index contributed by atoms with van der Waals surface area (Å²) in [6.07, 6.45) is 4.09. The van der Waals surface area contributed by atoms with Gasteiger partial charge in [-0.05, 0) is 23.8 Å². The number of rotatable bonds is 6. The van der Waals surface area contributed by atoms with Crippen LogP contribution in [0.25, 0.3) is 6.08 Å². The van der Waals surface area contributed by atoms with Crippen molar-refractivity contribution in [2.24, 2.45) is 0 Å². The van der Waals surface area contributed by atoms with E-state index in [9.17, 15) is 13.2 Å². The molecule has 1 aromatic rings. The lowest BCUT2D eigenvalue weighted by molar-refractivity contribution is -0.121. The van der Waals surface area contributed by atoms with Crippen LogP contribution in [0.5, 0.6) is 11.5 Å². The highest BCUT2D eigenvalue weighted by molar-refractivity contribution is 8.26. The molecule has 1 aliphatic rings. The first-order valence-electron chi connectivity index (χ1n) is 6.79. The first-order valence-corrected chi connectivity index (χ1v) is 10.2. The lowest BCUT2D eigenvalue weighted by atomic mass is 10.2. The minimum absolute atomic E-state index is 0.0394. The molecule has 0 N–H and O–H groups in total. The Morgan fingerprint density at radius 3 is 2.68 bits per heavy atom. The van der Waals surface area contributed by atoms with Gasteiger partial charge in [-0.15, -0.1) is 6.58 Å². The van der Waals surface area contributed by atoms with Gasteiger partial charge in [0.2, 0.25) is 5.75 Å². The summed E-state index contributed by atoms with van der Waals surface area (Å²) in [5.41, 5.74) is 0.543. The van der Waals surface area contributed by atoms with Crippen molar-refractivity contribution in [1.82, 2.24) is 4.90 Å². The zero-order chi connectivity index (χ0) is 18.8. The van der Waals surface area contributed by atoms with E-state index in [2.05, 4.69) is 6.58 Å². The fourth-order valence-corrected chi connectivity index (χ4v) is 4.05. The molecule has 0 atom stereocenters. The number of nitrogens with zero attached hydrogens (tertiary/aromatic N) is 1. The van der Waals surface area contributed by atoms with Gasteiger partial charge in [0.1, 0.15) is 4.32 Å². The Balaban J connectivity index is 2.41. The predicted molar refractivity (Wildman–Crippen MR) is 104 cm³/mol. The van der Waals surface area contributed by atoms with E-state index in [0.717, 1.165) is 18.0 Å². The number of carbonyl (C=O) groups is 1. The minimum atomic E-state index is -3.77. The van der Waals surface area contributed by atoms with Gasteiger partial charge in [0.15, 0.2) is 5.75 Å². The summed E-state index contributed by atoms with van der Waals surface area (Å²) in [6, 6.07) is 3.00. The molecule has 0 spiro atoms. The molecule has 134 valence electrons. The largest absolute Gasteiger partial charge is 0.493 e. The first kappa shape index (κ1) is 19.8. The molecule has 0 aromatic heterocycles. The third-order valence-corrected chi connectivity index (χ3v) is 5.10. The molecule has 2 rings (SSSR count). The van der Waals surface area contributed by atoms with Crippen LogP contribution in [0.15, 0.2) is 29.7 Å². The molecular formula is C15H14ClNO5S3. The molecule has 1 aliphatic heterocycles. The zero-order valence-electron chi connectivity index (χ0n) is 13.3. The number of hydrogen-bond acceptors (Lipinski definition) is 7. The molecule has 0 radical (unpaired) electrons. The summed E-state index contributed by atoms with van der Waals surface area (Å²) in [4.78, 5) is 14.2. The van der Waals surface area contributed by atoms with Gasteiger partial charge in [-0.1, -0.05) is 41.7 Å². The van der Waals surface area contributed by atoms with Crippen molar-refractivity contribution in [3.63, 3.8) is 0 Å². The predicted octanol–water partition coefficient (Wildman–Crippen LogP) is 3.07. The van der Waals surface area contributed by atoms with Gasteiger partial charge in [0.05, 0.1) is 23.3 Å². The second-order valence-corrected chi connectivity index (χ2v) is 8.56. The number of thiocarbonyl (C=S) groups is 1. The average molecular weight is 420 g/mol. The van der Waals surface area contributed by atoms with E-state index >= 15 is 0 Å². The third kappa shape index (κ3) is 4.75. The van der Waals surface area contributed by atoms with Gasteiger partial charge in [-0.25, -0.2) is 0 Å².